The van der Waals surface area contributed by atoms with Crippen molar-refractivity contribution in [1.29, 1.82) is 0 Å². The number of nitrogens with two attached hydrogens (primary N) is 1. The Hall–Kier alpha value is -4.20. The van der Waals surface area contributed by atoms with Gasteiger partial charge < -0.3 is 20.5 Å². The van der Waals surface area contributed by atoms with Crippen molar-refractivity contribution in [2.24, 2.45) is 5.92 Å². The lowest BCUT2D eigenvalue weighted by atomic mass is 9.93. The summed E-state index contributed by atoms with van der Waals surface area (Å²) in [5, 5.41) is 31.8. The van der Waals surface area contributed by atoms with Crippen molar-refractivity contribution in [1.82, 2.24) is 15.4 Å². The van der Waals surface area contributed by atoms with Crippen molar-refractivity contribution in [3.8, 4) is 39.4 Å². The van der Waals surface area contributed by atoms with Gasteiger partial charge in [-0.15, -0.1) is 10.2 Å². The summed E-state index contributed by atoms with van der Waals surface area (Å²) in [7, 11) is 0. The first-order valence-electron chi connectivity index (χ1n) is 10.1. The maximum Gasteiger partial charge on any atom is 0.314 e. The molecule has 162 valence electrons. The van der Waals surface area contributed by atoms with E-state index in [-0.39, 0.29) is 17.5 Å². The second kappa shape index (κ2) is 8.50. The van der Waals surface area contributed by atoms with Crippen LogP contribution in [0.2, 0.25) is 0 Å². The molecule has 32 heavy (non-hydrogen) atoms. The van der Waals surface area contributed by atoms with Crippen LogP contribution in [0.25, 0.3) is 33.6 Å². The van der Waals surface area contributed by atoms with Gasteiger partial charge in [0, 0.05) is 22.8 Å². The van der Waals surface area contributed by atoms with Crippen LogP contribution in [-0.2, 0) is 4.79 Å². The maximum absolute atomic E-state index is 11.5. The summed E-state index contributed by atoms with van der Waals surface area (Å²) in [6, 6.07) is 17.7. The molecule has 1 atom stereocenters. The van der Waals surface area contributed by atoms with E-state index in [9.17, 15) is 15.0 Å². The fourth-order valence-electron chi connectivity index (χ4n) is 3.58. The van der Waals surface area contributed by atoms with Crippen molar-refractivity contribution in [3.63, 3.8) is 0 Å². The summed E-state index contributed by atoms with van der Waals surface area (Å²) in [5.41, 5.74) is 9.94. The summed E-state index contributed by atoms with van der Waals surface area (Å²) in [6.07, 6.45) is 0. The van der Waals surface area contributed by atoms with Gasteiger partial charge in [0.25, 0.3) is 0 Å². The van der Waals surface area contributed by atoms with Crippen molar-refractivity contribution < 1.29 is 19.5 Å². The third-order valence-corrected chi connectivity index (χ3v) is 5.26. The van der Waals surface area contributed by atoms with Crippen LogP contribution >= 0.6 is 0 Å². The minimum absolute atomic E-state index is 0.107. The Morgan fingerprint density at radius 2 is 1.62 bits per heavy atom. The molecule has 0 bridgehead atoms. The molecule has 0 spiro atoms. The van der Waals surface area contributed by atoms with E-state index in [1.165, 1.54) is 0 Å². The lowest BCUT2D eigenvalue weighted by Crippen LogP contribution is -2.16. The molecular weight excluding hydrogens is 408 g/mol. The van der Waals surface area contributed by atoms with E-state index in [1.54, 1.807) is 30.3 Å². The lowest BCUT2D eigenvalue weighted by molar-refractivity contribution is -0.140. The molecular formula is C24H22N4O4. The third kappa shape index (κ3) is 4.02. The number of hydrogen-bond donors (Lipinski definition) is 3. The van der Waals surface area contributed by atoms with E-state index in [0.29, 0.717) is 28.3 Å². The summed E-state index contributed by atoms with van der Waals surface area (Å²) in [4.78, 5) is 11.5. The van der Waals surface area contributed by atoms with Crippen LogP contribution in [-0.4, -0.2) is 31.5 Å². The highest BCUT2D eigenvalue weighted by atomic mass is 16.5. The molecule has 2 aromatic carbocycles. The summed E-state index contributed by atoms with van der Waals surface area (Å²) < 4.78 is 5.32. The largest absolute Gasteiger partial charge is 0.507 e. The molecule has 2 aromatic heterocycles. The van der Waals surface area contributed by atoms with Crippen LogP contribution in [0.1, 0.15) is 25.5 Å². The zero-order chi connectivity index (χ0) is 22.8. The number of aromatic hydroxyl groups is 1. The third-order valence-electron chi connectivity index (χ3n) is 5.26. The standard InChI is InChI=1S/C24H22N4O4/c1-13(2)22(24(30)31)21-12-18(28-32-21)15-9-7-14(8-10-15)17-11-19(26-27-23(17)25)16-5-3-4-6-20(16)29/h3-13,22,29H,1-2H3,(H2,25,27)(H,30,31). The molecule has 8 heteroatoms. The van der Waals surface area contributed by atoms with E-state index < -0.39 is 11.9 Å². The first-order valence-corrected chi connectivity index (χ1v) is 10.1. The molecule has 0 aliphatic rings. The van der Waals surface area contributed by atoms with E-state index in [2.05, 4.69) is 15.4 Å². The normalized spacial score (nSPS) is 12.1. The number of para-hydroxylation sites is 1. The summed E-state index contributed by atoms with van der Waals surface area (Å²) in [6.45, 7) is 3.65. The smallest absolute Gasteiger partial charge is 0.314 e. The Kier molecular flexibility index (Phi) is 5.59. The first-order chi connectivity index (χ1) is 15.3. The number of aliphatic carboxylic acids is 1. The highest BCUT2D eigenvalue weighted by Gasteiger charge is 2.28. The van der Waals surface area contributed by atoms with E-state index in [0.717, 1.165) is 11.1 Å². The van der Waals surface area contributed by atoms with Gasteiger partial charge in [0.15, 0.2) is 11.6 Å². The maximum atomic E-state index is 11.5. The van der Waals surface area contributed by atoms with Gasteiger partial charge in [0.2, 0.25) is 0 Å². The fourth-order valence-corrected chi connectivity index (χ4v) is 3.58. The number of phenolic OH excluding ortho intramolecular Hbond substituents is 1. The number of aromatic nitrogens is 3. The number of carboxylic acid groups (broad SMARTS) is 1. The lowest BCUT2D eigenvalue weighted by Gasteiger charge is -2.11. The van der Waals surface area contributed by atoms with Gasteiger partial charge >= 0.3 is 5.97 Å². The number of carbonyl (C=O) groups is 1. The molecule has 0 radical (unpaired) electrons. The molecule has 0 aliphatic carbocycles. The molecule has 0 saturated carbocycles. The average Bonchev–Trinajstić information content (AvgIpc) is 3.24. The van der Waals surface area contributed by atoms with Gasteiger partial charge in [-0.2, -0.15) is 0 Å². The Morgan fingerprint density at radius 3 is 2.28 bits per heavy atom. The van der Waals surface area contributed by atoms with Crippen LogP contribution in [0.3, 0.4) is 0 Å². The molecule has 0 amide bonds. The zero-order valence-electron chi connectivity index (χ0n) is 17.6. The van der Waals surface area contributed by atoms with Crippen molar-refractivity contribution in [2.75, 3.05) is 5.73 Å². The van der Waals surface area contributed by atoms with E-state index in [1.807, 2.05) is 44.2 Å². The van der Waals surface area contributed by atoms with Crippen molar-refractivity contribution in [2.45, 2.75) is 19.8 Å². The predicted molar refractivity (Wildman–Crippen MR) is 120 cm³/mol. The quantitative estimate of drug-likeness (QED) is 0.404. The minimum Gasteiger partial charge on any atom is -0.507 e. The Labute approximate surface area is 184 Å². The predicted octanol–water partition coefficient (Wildman–Crippen LogP) is 4.58. The molecule has 0 saturated heterocycles. The van der Waals surface area contributed by atoms with Gasteiger partial charge in [-0.3, -0.25) is 4.79 Å². The van der Waals surface area contributed by atoms with Gasteiger partial charge in [-0.25, -0.2) is 0 Å². The van der Waals surface area contributed by atoms with Crippen LogP contribution < -0.4 is 5.73 Å². The number of nitrogen functional groups attached to an aromatic ring is 1. The minimum atomic E-state index is -0.945. The number of nitrogens with zero attached hydrogens (tertiary/aromatic N) is 3. The Morgan fingerprint density at radius 1 is 0.938 bits per heavy atom. The van der Waals surface area contributed by atoms with E-state index >= 15 is 0 Å². The fraction of sp³-hybridized carbons (Fsp3) is 0.167. The molecule has 1 unspecified atom stereocenters. The highest BCUT2D eigenvalue weighted by molar-refractivity contribution is 5.80. The molecule has 0 aliphatic heterocycles. The van der Waals surface area contributed by atoms with Crippen molar-refractivity contribution in [3.05, 3.63) is 66.4 Å². The second-order valence-electron chi connectivity index (χ2n) is 7.80. The Bertz CT molecular complexity index is 1270. The van der Waals surface area contributed by atoms with Crippen LogP contribution in [0.4, 0.5) is 5.82 Å². The van der Waals surface area contributed by atoms with Gasteiger partial charge in [0.05, 0.1) is 5.69 Å². The monoisotopic (exact) mass is 430 g/mol. The van der Waals surface area contributed by atoms with Crippen LogP contribution in [0.5, 0.6) is 5.75 Å². The van der Waals surface area contributed by atoms with Gasteiger partial charge in [-0.05, 0) is 29.7 Å². The van der Waals surface area contributed by atoms with Gasteiger partial charge in [-0.1, -0.05) is 55.4 Å². The summed E-state index contributed by atoms with van der Waals surface area (Å²) >= 11 is 0. The number of anilines is 1. The number of rotatable bonds is 6. The number of hydrogen-bond acceptors (Lipinski definition) is 7. The topological polar surface area (TPSA) is 135 Å². The molecule has 2 heterocycles. The number of benzene rings is 2. The molecule has 4 N–H and O–H groups in total. The zero-order valence-corrected chi connectivity index (χ0v) is 17.6. The SMILES string of the molecule is CC(C)C(C(=O)O)c1cc(-c2ccc(-c3cc(-c4ccccc4O)nnc3N)cc2)no1. The molecule has 8 nitrogen and oxygen atoms in total. The number of carboxylic acids is 1. The number of phenols is 1. The molecule has 0 fully saturated rings. The van der Waals surface area contributed by atoms with Gasteiger partial charge in [0.1, 0.15) is 17.4 Å². The van der Waals surface area contributed by atoms with Crippen LogP contribution in [0.15, 0.2) is 65.2 Å². The average molecular weight is 430 g/mol. The van der Waals surface area contributed by atoms with E-state index in [4.69, 9.17) is 10.3 Å². The Balaban J connectivity index is 1.65. The first kappa shape index (κ1) is 21.0. The highest BCUT2D eigenvalue weighted by Crippen LogP contribution is 2.33. The second-order valence-corrected chi connectivity index (χ2v) is 7.80. The molecule has 4 aromatic rings. The van der Waals surface area contributed by atoms with Crippen molar-refractivity contribution >= 4 is 11.8 Å². The van der Waals surface area contributed by atoms with Crippen LogP contribution in [0, 0.1) is 5.92 Å². The summed E-state index contributed by atoms with van der Waals surface area (Å²) in [5.74, 6) is -1.14. The molecule has 4 rings (SSSR count).